The molecule has 1 aromatic carbocycles. The number of aliphatic hydroxyl groups is 1. The molecule has 0 unspecified atom stereocenters. The molecule has 7 heteroatoms. The number of aromatic amines is 1. The summed E-state index contributed by atoms with van der Waals surface area (Å²) in [7, 11) is 0. The number of nitrogens with zero attached hydrogens (tertiary/aromatic N) is 4. The van der Waals surface area contributed by atoms with Crippen LogP contribution >= 0.6 is 0 Å². The lowest BCUT2D eigenvalue weighted by molar-refractivity contribution is 0.318. The van der Waals surface area contributed by atoms with Gasteiger partial charge in [-0.25, -0.2) is 14.5 Å². The second-order valence-electron chi connectivity index (χ2n) is 7.65. The van der Waals surface area contributed by atoms with Gasteiger partial charge in [0.05, 0.1) is 5.69 Å². The Morgan fingerprint density at radius 3 is 2.70 bits per heavy atom. The van der Waals surface area contributed by atoms with Gasteiger partial charge in [0.25, 0.3) is 0 Å². The molecule has 0 bridgehead atoms. The number of aryl methyl sites for hydroxylation is 1. The standard InChI is InChI=1S/C21H26N6.C2H6O/c1-3-7-14(2)8-6-11-18-26-19(20-21(22)23-13-24-27(18)20)17-12-15-9-4-5-10-16(15)25-17;1-2-3/h4-5,9-10,12-14,25H,3,6-8,11H2,1-2H3,(H2,22,23,24);3H,2H2,1H3/t14-;/m1./s1. The van der Waals surface area contributed by atoms with Gasteiger partial charge in [-0.05, 0) is 31.4 Å². The van der Waals surface area contributed by atoms with Gasteiger partial charge < -0.3 is 15.8 Å². The molecule has 0 radical (unpaired) electrons. The zero-order valence-electron chi connectivity index (χ0n) is 18.1. The van der Waals surface area contributed by atoms with Crippen LogP contribution in [0.15, 0.2) is 36.7 Å². The Morgan fingerprint density at radius 1 is 1.20 bits per heavy atom. The van der Waals surface area contributed by atoms with Crippen LogP contribution in [0.4, 0.5) is 5.82 Å². The summed E-state index contributed by atoms with van der Waals surface area (Å²) in [6.45, 7) is 6.49. The van der Waals surface area contributed by atoms with Crippen molar-refractivity contribution < 1.29 is 5.11 Å². The zero-order valence-corrected chi connectivity index (χ0v) is 18.1. The molecule has 160 valence electrons. The second kappa shape index (κ2) is 10.2. The summed E-state index contributed by atoms with van der Waals surface area (Å²) < 4.78 is 1.85. The number of aliphatic hydroxyl groups excluding tert-OH is 1. The summed E-state index contributed by atoms with van der Waals surface area (Å²) >= 11 is 0. The lowest BCUT2D eigenvalue weighted by atomic mass is 9.99. The first kappa shape index (κ1) is 21.8. The van der Waals surface area contributed by atoms with Gasteiger partial charge in [-0.15, -0.1) is 0 Å². The molecule has 1 atom stereocenters. The Hall–Kier alpha value is -2.93. The molecule has 7 nitrogen and oxygen atoms in total. The molecule has 30 heavy (non-hydrogen) atoms. The van der Waals surface area contributed by atoms with E-state index in [1.165, 1.54) is 25.6 Å². The lowest BCUT2D eigenvalue weighted by Crippen LogP contribution is -2.03. The monoisotopic (exact) mass is 408 g/mol. The van der Waals surface area contributed by atoms with Crippen molar-refractivity contribution in [2.75, 3.05) is 12.3 Å². The highest BCUT2D eigenvalue weighted by atomic mass is 16.2. The highest BCUT2D eigenvalue weighted by Crippen LogP contribution is 2.30. The average Bonchev–Trinajstić information content (AvgIpc) is 3.31. The van der Waals surface area contributed by atoms with Crippen molar-refractivity contribution in [2.24, 2.45) is 5.92 Å². The average molecular weight is 409 g/mol. The Balaban J connectivity index is 0.000000806. The van der Waals surface area contributed by atoms with E-state index in [1.54, 1.807) is 6.92 Å². The smallest absolute Gasteiger partial charge is 0.153 e. The minimum Gasteiger partial charge on any atom is -0.397 e. The summed E-state index contributed by atoms with van der Waals surface area (Å²) in [5.74, 6) is 2.14. The van der Waals surface area contributed by atoms with E-state index in [1.807, 2.05) is 16.6 Å². The number of para-hydroxylation sites is 1. The molecule has 0 aliphatic carbocycles. The third-order valence-corrected chi connectivity index (χ3v) is 5.19. The number of aromatic nitrogens is 5. The fraction of sp³-hybridized carbons (Fsp3) is 0.435. The fourth-order valence-electron chi connectivity index (χ4n) is 3.81. The number of rotatable bonds is 7. The van der Waals surface area contributed by atoms with Gasteiger partial charge in [0, 0.05) is 23.9 Å². The van der Waals surface area contributed by atoms with Crippen molar-refractivity contribution >= 4 is 22.2 Å². The van der Waals surface area contributed by atoms with E-state index in [-0.39, 0.29) is 6.61 Å². The van der Waals surface area contributed by atoms with Crippen LogP contribution in [0.2, 0.25) is 0 Å². The highest BCUT2D eigenvalue weighted by molar-refractivity contribution is 5.91. The third kappa shape index (κ3) is 4.79. The Morgan fingerprint density at radius 2 is 1.97 bits per heavy atom. The van der Waals surface area contributed by atoms with Gasteiger partial charge in [-0.3, -0.25) is 0 Å². The fourth-order valence-corrected chi connectivity index (χ4v) is 3.81. The lowest BCUT2D eigenvalue weighted by Gasteiger charge is -2.08. The van der Waals surface area contributed by atoms with Crippen LogP contribution < -0.4 is 5.73 Å². The predicted octanol–water partition coefficient (Wildman–Crippen LogP) is 4.61. The van der Waals surface area contributed by atoms with Gasteiger partial charge in [-0.1, -0.05) is 51.3 Å². The summed E-state index contributed by atoms with van der Waals surface area (Å²) in [5, 5.41) is 13.1. The van der Waals surface area contributed by atoms with Crippen molar-refractivity contribution in [3.8, 4) is 11.4 Å². The number of hydrogen-bond acceptors (Lipinski definition) is 5. The van der Waals surface area contributed by atoms with E-state index < -0.39 is 0 Å². The largest absolute Gasteiger partial charge is 0.397 e. The van der Waals surface area contributed by atoms with Gasteiger partial charge in [-0.2, -0.15) is 5.10 Å². The zero-order chi connectivity index (χ0) is 21.5. The van der Waals surface area contributed by atoms with E-state index in [9.17, 15) is 0 Å². The highest BCUT2D eigenvalue weighted by Gasteiger charge is 2.18. The van der Waals surface area contributed by atoms with E-state index in [0.717, 1.165) is 52.4 Å². The van der Waals surface area contributed by atoms with Crippen molar-refractivity contribution in [2.45, 2.75) is 52.9 Å². The maximum absolute atomic E-state index is 7.57. The number of fused-ring (bicyclic) bond motifs is 2. The van der Waals surface area contributed by atoms with Crippen LogP contribution in [0.1, 0.15) is 52.3 Å². The molecule has 0 fully saturated rings. The van der Waals surface area contributed by atoms with Crippen LogP contribution in [-0.2, 0) is 6.42 Å². The number of H-pyrrole nitrogens is 1. The van der Waals surface area contributed by atoms with Gasteiger partial charge in [0.15, 0.2) is 5.82 Å². The minimum absolute atomic E-state index is 0.250. The van der Waals surface area contributed by atoms with E-state index in [2.05, 4.69) is 47.1 Å². The maximum atomic E-state index is 7.57. The van der Waals surface area contributed by atoms with Gasteiger partial charge >= 0.3 is 0 Å². The number of hydrogen-bond donors (Lipinski definition) is 3. The van der Waals surface area contributed by atoms with E-state index in [0.29, 0.717) is 5.82 Å². The first-order valence-corrected chi connectivity index (χ1v) is 10.8. The first-order valence-electron chi connectivity index (χ1n) is 10.8. The number of nitrogens with two attached hydrogens (primary N) is 1. The number of benzene rings is 1. The van der Waals surface area contributed by atoms with Gasteiger partial charge in [0.2, 0.25) is 0 Å². The van der Waals surface area contributed by atoms with Crippen molar-refractivity contribution in [1.82, 2.24) is 24.6 Å². The molecular formula is C23H32N6O. The Kier molecular flexibility index (Phi) is 7.41. The van der Waals surface area contributed by atoms with Crippen molar-refractivity contribution in [3.63, 3.8) is 0 Å². The molecule has 3 heterocycles. The Bertz CT molecular complexity index is 1050. The van der Waals surface area contributed by atoms with Crippen LogP contribution in [0.5, 0.6) is 0 Å². The van der Waals surface area contributed by atoms with Gasteiger partial charge in [0.1, 0.15) is 23.4 Å². The van der Waals surface area contributed by atoms with Crippen molar-refractivity contribution in [3.05, 3.63) is 42.5 Å². The molecular weight excluding hydrogens is 376 g/mol. The minimum atomic E-state index is 0.250. The predicted molar refractivity (Wildman–Crippen MR) is 122 cm³/mol. The summed E-state index contributed by atoms with van der Waals surface area (Å²) in [6.07, 6.45) is 7.19. The SMILES string of the molecule is CCC[C@@H](C)CCCc1nc(-c2cc3ccccc3[nH]2)c2c(N)ncnn12.CCO. The molecule has 4 aromatic rings. The van der Waals surface area contributed by atoms with Crippen LogP contribution in [0.3, 0.4) is 0 Å². The molecule has 0 spiro atoms. The summed E-state index contributed by atoms with van der Waals surface area (Å²) in [5.41, 5.74) is 9.82. The summed E-state index contributed by atoms with van der Waals surface area (Å²) in [4.78, 5) is 12.5. The molecule has 0 amide bonds. The number of nitrogen functional groups attached to an aromatic ring is 1. The second-order valence-corrected chi connectivity index (χ2v) is 7.65. The molecule has 3 aromatic heterocycles. The molecule has 4 rings (SSSR count). The van der Waals surface area contributed by atoms with E-state index >= 15 is 0 Å². The first-order chi connectivity index (χ1) is 14.6. The number of anilines is 1. The van der Waals surface area contributed by atoms with E-state index in [4.69, 9.17) is 15.8 Å². The van der Waals surface area contributed by atoms with Crippen LogP contribution in [0, 0.1) is 5.92 Å². The molecule has 0 saturated heterocycles. The molecule has 0 saturated carbocycles. The molecule has 4 N–H and O–H groups in total. The topological polar surface area (TPSA) is 105 Å². The number of nitrogens with one attached hydrogen (secondary N) is 1. The van der Waals surface area contributed by atoms with Crippen molar-refractivity contribution in [1.29, 1.82) is 0 Å². The quantitative estimate of drug-likeness (QED) is 0.414. The van der Waals surface area contributed by atoms with Crippen LogP contribution in [0.25, 0.3) is 27.8 Å². The maximum Gasteiger partial charge on any atom is 0.153 e. The normalized spacial score (nSPS) is 12.1. The Labute approximate surface area is 177 Å². The third-order valence-electron chi connectivity index (χ3n) is 5.19. The molecule has 0 aliphatic rings. The van der Waals surface area contributed by atoms with Crippen LogP contribution in [-0.4, -0.2) is 36.3 Å². The summed E-state index contributed by atoms with van der Waals surface area (Å²) in [6, 6.07) is 10.3. The molecule has 0 aliphatic heterocycles. The number of imidazole rings is 1.